The molecular weight excluding hydrogens is 206 g/mol. The monoisotopic (exact) mass is 219 g/mol. The lowest BCUT2D eigenvalue weighted by molar-refractivity contribution is 0.220. The zero-order valence-electron chi connectivity index (χ0n) is 8.77. The highest BCUT2D eigenvalue weighted by Crippen LogP contribution is 2.25. The van der Waals surface area contributed by atoms with E-state index in [9.17, 15) is 5.11 Å². The van der Waals surface area contributed by atoms with Crippen LogP contribution in [-0.2, 0) is 0 Å². The minimum Gasteiger partial charge on any atom is -0.384 e. The smallest absolute Gasteiger partial charge is 0.105 e. The summed E-state index contributed by atoms with van der Waals surface area (Å²) in [6.45, 7) is 3.97. The van der Waals surface area contributed by atoms with Crippen molar-refractivity contribution < 1.29 is 5.11 Å². The summed E-state index contributed by atoms with van der Waals surface area (Å²) in [5, 5.41) is 12.1. The highest BCUT2D eigenvalue weighted by atomic mass is 32.1. The third-order valence-electron chi connectivity index (χ3n) is 2.30. The van der Waals surface area contributed by atoms with Crippen molar-refractivity contribution in [3.8, 4) is 0 Å². The molecule has 0 saturated heterocycles. The summed E-state index contributed by atoms with van der Waals surface area (Å²) in [7, 11) is 0. The van der Waals surface area contributed by atoms with Crippen LogP contribution in [0.3, 0.4) is 0 Å². The number of thiophene rings is 1. The quantitative estimate of drug-likeness (QED) is 0.842. The van der Waals surface area contributed by atoms with Gasteiger partial charge in [0.15, 0.2) is 0 Å². The predicted molar refractivity (Wildman–Crippen MR) is 62.1 cm³/mol. The van der Waals surface area contributed by atoms with Gasteiger partial charge in [-0.25, -0.2) is 0 Å². The molecule has 2 nitrogen and oxygen atoms in total. The van der Waals surface area contributed by atoms with Gasteiger partial charge in [-0.2, -0.15) is 0 Å². The average Bonchev–Trinajstić information content (AvgIpc) is 2.64. The Morgan fingerprint density at radius 2 is 2.07 bits per heavy atom. The van der Waals surface area contributed by atoms with E-state index in [1.54, 1.807) is 17.5 Å². The van der Waals surface area contributed by atoms with Gasteiger partial charge in [-0.3, -0.25) is 4.98 Å². The number of aromatic nitrogens is 1. The second-order valence-electron chi connectivity index (χ2n) is 3.62. The molecule has 0 amide bonds. The lowest BCUT2D eigenvalue weighted by Crippen LogP contribution is -1.98. The van der Waals surface area contributed by atoms with E-state index in [2.05, 4.69) is 4.98 Å². The standard InChI is InChI=1S/C12H13NOS/c1-8-5-10(3-4-13-8)12(14)11-6-9(2)15-7-11/h3-7,12,14H,1-2H3. The summed E-state index contributed by atoms with van der Waals surface area (Å²) in [6, 6.07) is 5.79. The van der Waals surface area contributed by atoms with E-state index in [0.29, 0.717) is 0 Å². The lowest BCUT2D eigenvalue weighted by atomic mass is 10.0. The summed E-state index contributed by atoms with van der Waals surface area (Å²) >= 11 is 1.66. The van der Waals surface area contributed by atoms with Gasteiger partial charge < -0.3 is 5.11 Å². The molecule has 0 aliphatic rings. The molecular formula is C12H13NOS. The van der Waals surface area contributed by atoms with Crippen LogP contribution in [0.25, 0.3) is 0 Å². The summed E-state index contributed by atoms with van der Waals surface area (Å²) < 4.78 is 0. The van der Waals surface area contributed by atoms with Crippen LogP contribution in [0.15, 0.2) is 29.8 Å². The summed E-state index contributed by atoms with van der Waals surface area (Å²) in [6.07, 6.45) is 1.20. The van der Waals surface area contributed by atoms with Crippen molar-refractivity contribution in [3.63, 3.8) is 0 Å². The Labute approximate surface area is 93.2 Å². The average molecular weight is 219 g/mol. The van der Waals surface area contributed by atoms with E-state index in [-0.39, 0.29) is 0 Å². The number of aliphatic hydroxyl groups is 1. The van der Waals surface area contributed by atoms with Crippen LogP contribution in [0, 0.1) is 13.8 Å². The molecule has 1 unspecified atom stereocenters. The number of nitrogens with zero attached hydrogens (tertiary/aromatic N) is 1. The molecule has 0 aliphatic heterocycles. The van der Waals surface area contributed by atoms with Crippen molar-refractivity contribution in [2.45, 2.75) is 20.0 Å². The Morgan fingerprint density at radius 1 is 1.27 bits per heavy atom. The van der Waals surface area contributed by atoms with Crippen molar-refractivity contribution in [2.75, 3.05) is 0 Å². The molecule has 78 valence electrons. The van der Waals surface area contributed by atoms with E-state index in [0.717, 1.165) is 16.8 Å². The van der Waals surface area contributed by atoms with Gasteiger partial charge >= 0.3 is 0 Å². The molecule has 2 aromatic heterocycles. The maximum atomic E-state index is 10.1. The number of aliphatic hydroxyl groups excluding tert-OH is 1. The maximum absolute atomic E-state index is 10.1. The Kier molecular flexibility index (Phi) is 2.84. The molecule has 1 N–H and O–H groups in total. The second kappa shape index (κ2) is 4.13. The summed E-state index contributed by atoms with van der Waals surface area (Å²) in [5.41, 5.74) is 2.79. The number of hydrogen-bond donors (Lipinski definition) is 1. The second-order valence-corrected chi connectivity index (χ2v) is 4.74. The van der Waals surface area contributed by atoms with E-state index < -0.39 is 6.10 Å². The molecule has 2 heterocycles. The van der Waals surface area contributed by atoms with Crippen molar-refractivity contribution in [1.82, 2.24) is 4.98 Å². The first-order valence-electron chi connectivity index (χ1n) is 4.82. The third kappa shape index (κ3) is 2.25. The molecule has 2 aromatic rings. The van der Waals surface area contributed by atoms with E-state index in [1.165, 1.54) is 4.88 Å². The predicted octanol–water partition coefficient (Wildman–Crippen LogP) is 2.84. The van der Waals surface area contributed by atoms with Gasteiger partial charge in [0.2, 0.25) is 0 Å². The van der Waals surface area contributed by atoms with Gasteiger partial charge in [0.1, 0.15) is 6.10 Å². The zero-order chi connectivity index (χ0) is 10.8. The van der Waals surface area contributed by atoms with Gasteiger partial charge in [-0.1, -0.05) is 0 Å². The van der Waals surface area contributed by atoms with Crippen LogP contribution in [0.1, 0.15) is 27.8 Å². The number of rotatable bonds is 2. The molecule has 2 rings (SSSR count). The Balaban J connectivity index is 2.32. The molecule has 0 radical (unpaired) electrons. The van der Waals surface area contributed by atoms with Crippen LogP contribution in [0.2, 0.25) is 0 Å². The molecule has 0 aromatic carbocycles. The number of hydrogen-bond acceptors (Lipinski definition) is 3. The van der Waals surface area contributed by atoms with Gasteiger partial charge in [0.05, 0.1) is 0 Å². The first-order chi connectivity index (χ1) is 7.16. The molecule has 0 bridgehead atoms. The van der Waals surface area contributed by atoms with Crippen LogP contribution in [-0.4, -0.2) is 10.1 Å². The third-order valence-corrected chi connectivity index (χ3v) is 3.18. The molecule has 0 fully saturated rings. The fourth-order valence-electron chi connectivity index (χ4n) is 1.54. The highest BCUT2D eigenvalue weighted by molar-refractivity contribution is 7.10. The normalized spacial score (nSPS) is 12.7. The van der Waals surface area contributed by atoms with E-state index in [4.69, 9.17) is 0 Å². The van der Waals surface area contributed by atoms with Crippen LogP contribution in [0.4, 0.5) is 0 Å². The lowest BCUT2D eigenvalue weighted by Gasteiger charge is -2.09. The minimum absolute atomic E-state index is 0.531. The number of aryl methyl sites for hydroxylation is 2. The van der Waals surface area contributed by atoms with Crippen molar-refractivity contribution in [2.24, 2.45) is 0 Å². The highest BCUT2D eigenvalue weighted by Gasteiger charge is 2.11. The van der Waals surface area contributed by atoms with Crippen molar-refractivity contribution in [1.29, 1.82) is 0 Å². The molecule has 0 spiro atoms. The van der Waals surface area contributed by atoms with Gasteiger partial charge in [-0.05, 0) is 48.6 Å². The topological polar surface area (TPSA) is 33.1 Å². The molecule has 15 heavy (non-hydrogen) atoms. The van der Waals surface area contributed by atoms with Crippen LogP contribution in [0.5, 0.6) is 0 Å². The largest absolute Gasteiger partial charge is 0.384 e. The van der Waals surface area contributed by atoms with Crippen LogP contribution < -0.4 is 0 Å². The van der Waals surface area contributed by atoms with Gasteiger partial charge in [-0.15, -0.1) is 11.3 Å². The zero-order valence-corrected chi connectivity index (χ0v) is 9.58. The summed E-state index contributed by atoms with van der Waals surface area (Å²) in [4.78, 5) is 5.33. The first-order valence-corrected chi connectivity index (χ1v) is 5.70. The fourth-order valence-corrected chi connectivity index (χ4v) is 2.26. The Hall–Kier alpha value is -1.19. The molecule has 1 atom stereocenters. The molecule has 0 saturated carbocycles. The first kappa shape index (κ1) is 10.3. The van der Waals surface area contributed by atoms with Crippen molar-refractivity contribution >= 4 is 11.3 Å². The minimum atomic E-state index is -0.531. The molecule has 0 aliphatic carbocycles. The van der Waals surface area contributed by atoms with Gasteiger partial charge in [0.25, 0.3) is 0 Å². The Bertz CT molecular complexity index is 464. The SMILES string of the molecule is Cc1cc(C(O)c2csc(C)c2)ccn1. The maximum Gasteiger partial charge on any atom is 0.105 e. The van der Waals surface area contributed by atoms with Crippen molar-refractivity contribution in [3.05, 3.63) is 51.5 Å². The fraction of sp³-hybridized carbons (Fsp3) is 0.250. The molecule has 3 heteroatoms. The Morgan fingerprint density at radius 3 is 2.67 bits per heavy atom. The van der Waals surface area contributed by atoms with Crippen LogP contribution >= 0.6 is 11.3 Å². The summed E-state index contributed by atoms with van der Waals surface area (Å²) in [5.74, 6) is 0. The van der Waals surface area contributed by atoms with E-state index >= 15 is 0 Å². The van der Waals surface area contributed by atoms with E-state index in [1.807, 2.05) is 37.4 Å². The van der Waals surface area contributed by atoms with Gasteiger partial charge in [0, 0.05) is 16.8 Å². The number of pyridine rings is 1.